The summed E-state index contributed by atoms with van der Waals surface area (Å²) < 4.78 is 10.9. The summed E-state index contributed by atoms with van der Waals surface area (Å²) in [6, 6.07) is 3.56. The topological polar surface area (TPSA) is 82.3 Å². The SMILES string of the molecule is CCNC(=NCC(C)(O)c1ccco1)NCC1(N2CCOCC2)CCSC1. The smallest absolute Gasteiger partial charge is 0.191 e. The molecule has 7 nitrogen and oxygen atoms in total. The lowest BCUT2D eigenvalue weighted by Gasteiger charge is -2.43. The minimum atomic E-state index is -1.13. The van der Waals surface area contributed by atoms with Gasteiger partial charge in [-0.3, -0.25) is 4.90 Å². The zero-order valence-electron chi connectivity index (χ0n) is 16.4. The lowest BCUT2D eigenvalue weighted by atomic mass is 9.95. The standard InChI is InChI=1S/C19H32N4O3S/c1-3-20-17(21-13-18(2,24)16-5-4-9-26-16)22-14-19(6-12-27-15-19)23-7-10-25-11-8-23/h4-5,9,24H,3,6-8,10-15H2,1-2H3,(H2,20,21,22). The number of aliphatic hydroxyl groups is 1. The zero-order chi connectivity index (χ0) is 19.2. The molecule has 3 N–H and O–H groups in total. The molecule has 0 bridgehead atoms. The van der Waals surface area contributed by atoms with Crippen LogP contribution in [0, 0.1) is 0 Å². The molecule has 27 heavy (non-hydrogen) atoms. The maximum atomic E-state index is 10.6. The van der Waals surface area contributed by atoms with Gasteiger partial charge in [0, 0.05) is 37.5 Å². The first kappa shape index (κ1) is 20.5. The number of hydrogen-bond donors (Lipinski definition) is 3. The largest absolute Gasteiger partial charge is 0.466 e. The van der Waals surface area contributed by atoms with Crippen LogP contribution < -0.4 is 10.6 Å². The molecule has 2 saturated heterocycles. The van der Waals surface area contributed by atoms with Crippen LogP contribution in [0.2, 0.25) is 0 Å². The van der Waals surface area contributed by atoms with Gasteiger partial charge in [0.15, 0.2) is 5.96 Å². The predicted octanol–water partition coefficient (Wildman–Crippen LogP) is 1.25. The van der Waals surface area contributed by atoms with Gasteiger partial charge in [0.1, 0.15) is 11.4 Å². The summed E-state index contributed by atoms with van der Waals surface area (Å²) in [7, 11) is 0. The van der Waals surface area contributed by atoms with Gasteiger partial charge >= 0.3 is 0 Å². The van der Waals surface area contributed by atoms with E-state index in [0.717, 1.165) is 51.1 Å². The van der Waals surface area contributed by atoms with E-state index in [1.54, 1.807) is 25.3 Å². The number of rotatable bonds is 7. The Hall–Kier alpha value is -1.22. The summed E-state index contributed by atoms with van der Waals surface area (Å²) >= 11 is 2.02. The van der Waals surface area contributed by atoms with Crippen LogP contribution in [-0.2, 0) is 10.3 Å². The van der Waals surface area contributed by atoms with Gasteiger partial charge in [0.05, 0.1) is 26.0 Å². The molecule has 2 atom stereocenters. The van der Waals surface area contributed by atoms with E-state index in [1.165, 1.54) is 12.2 Å². The third-order valence-corrected chi connectivity index (χ3v) is 6.52. The summed E-state index contributed by atoms with van der Waals surface area (Å²) in [5, 5.41) is 17.5. The minimum absolute atomic E-state index is 0.147. The van der Waals surface area contributed by atoms with Crippen molar-refractivity contribution in [2.75, 3.05) is 57.4 Å². The zero-order valence-corrected chi connectivity index (χ0v) is 17.2. The maximum absolute atomic E-state index is 10.6. The maximum Gasteiger partial charge on any atom is 0.191 e. The molecule has 0 saturated carbocycles. The molecule has 0 aliphatic carbocycles. The first-order valence-corrected chi connectivity index (χ1v) is 10.9. The molecule has 0 amide bonds. The minimum Gasteiger partial charge on any atom is -0.466 e. The molecular weight excluding hydrogens is 364 g/mol. The van der Waals surface area contributed by atoms with Crippen LogP contribution in [0.5, 0.6) is 0 Å². The number of hydrogen-bond acceptors (Lipinski definition) is 6. The van der Waals surface area contributed by atoms with Crippen molar-refractivity contribution in [3.8, 4) is 0 Å². The molecule has 0 radical (unpaired) electrons. The fraction of sp³-hybridized carbons (Fsp3) is 0.737. The number of nitrogens with one attached hydrogen (secondary N) is 2. The van der Waals surface area contributed by atoms with Crippen molar-refractivity contribution < 1.29 is 14.3 Å². The van der Waals surface area contributed by atoms with Crippen molar-refractivity contribution in [3.63, 3.8) is 0 Å². The second-order valence-corrected chi connectivity index (χ2v) is 8.53. The Kier molecular flexibility index (Phi) is 7.08. The van der Waals surface area contributed by atoms with E-state index in [2.05, 4.69) is 20.5 Å². The van der Waals surface area contributed by atoms with Gasteiger partial charge in [0.2, 0.25) is 0 Å². The molecule has 152 valence electrons. The lowest BCUT2D eigenvalue weighted by molar-refractivity contribution is -0.0120. The summed E-state index contributed by atoms with van der Waals surface area (Å²) in [5.41, 5.74) is -0.981. The number of nitrogens with zero attached hydrogens (tertiary/aromatic N) is 2. The Bertz CT molecular complexity index is 594. The van der Waals surface area contributed by atoms with Crippen molar-refractivity contribution in [1.29, 1.82) is 0 Å². The Morgan fingerprint density at radius 1 is 1.41 bits per heavy atom. The number of aliphatic imine (C=N–C) groups is 1. The molecule has 0 aromatic carbocycles. The van der Waals surface area contributed by atoms with E-state index in [4.69, 9.17) is 9.15 Å². The molecule has 1 aromatic rings. The molecule has 0 spiro atoms. The van der Waals surface area contributed by atoms with E-state index in [0.29, 0.717) is 5.76 Å². The molecular formula is C19H32N4O3S. The molecule has 1 aromatic heterocycles. The van der Waals surface area contributed by atoms with Crippen molar-refractivity contribution >= 4 is 17.7 Å². The molecule has 2 fully saturated rings. The normalized spacial score (nSPS) is 26.7. The second kappa shape index (κ2) is 9.32. The molecule has 8 heteroatoms. The highest BCUT2D eigenvalue weighted by Crippen LogP contribution is 2.33. The first-order valence-electron chi connectivity index (χ1n) is 9.75. The third-order valence-electron chi connectivity index (χ3n) is 5.29. The van der Waals surface area contributed by atoms with E-state index in [-0.39, 0.29) is 12.1 Å². The summed E-state index contributed by atoms with van der Waals surface area (Å²) in [6.07, 6.45) is 2.75. The quantitative estimate of drug-likeness (QED) is 0.473. The van der Waals surface area contributed by atoms with Crippen LogP contribution in [0.1, 0.15) is 26.0 Å². The van der Waals surface area contributed by atoms with E-state index < -0.39 is 5.60 Å². The van der Waals surface area contributed by atoms with Crippen molar-refractivity contribution in [3.05, 3.63) is 24.2 Å². The van der Waals surface area contributed by atoms with Crippen molar-refractivity contribution in [1.82, 2.24) is 15.5 Å². The van der Waals surface area contributed by atoms with Crippen LogP contribution in [0.15, 0.2) is 27.8 Å². The highest BCUT2D eigenvalue weighted by molar-refractivity contribution is 7.99. The highest BCUT2D eigenvalue weighted by atomic mass is 32.2. The van der Waals surface area contributed by atoms with Gasteiger partial charge in [0.25, 0.3) is 0 Å². The van der Waals surface area contributed by atoms with Crippen LogP contribution >= 0.6 is 11.8 Å². The molecule has 2 aliphatic rings. The van der Waals surface area contributed by atoms with Crippen molar-refractivity contribution in [2.24, 2.45) is 4.99 Å². The monoisotopic (exact) mass is 396 g/mol. The van der Waals surface area contributed by atoms with Gasteiger partial charge in [-0.1, -0.05) is 0 Å². The van der Waals surface area contributed by atoms with Crippen LogP contribution in [-0.4, -0.2) is 78.9 Å². The number of furan rings is 1. The average Bonchev–Trinajstić information content (AvgIpc) is 3.38. The Morgan fingerprint density at radius 2 is 2.22 bits per heavy atom. The van der Waals surface area contributed by atoms with Gasteiger partial charge in [-0.25, -0.2) is 4.99 Å². The van der Waals surface area contributed by atoms with Gasteiger partial charge in [-0.15, -0.1) is 0 Å². The van der Waals surface area contributed by atoms with Gasteiger partial charge in [-0.2, -0.15) is 11.8 Å². The molecule has 2 aliphatic heterocycles. The first-order chi connectivity index (χ1) is 13.1. The second-order valence-electron chi connectivity index (χ2n) is 7.43. The van der Waals surface area contributed by atoms with Gasteiger partial charge in [-0.05, 0) is 38.2 Å². The van der Waals surface area contributed by atoms with E-state index in [1.807, 2.05) is 18.7 Å². The Balaban J connectivity index is 1.64. The fourth-order valence-corrected chi connectivity index (χ4v) is 5.10. The van der Waals surface area contributed by atoms with Crippen LogP contribution in [0.4, 0.5) is 0 Å². The molecule has 2 unspecified atom stereocenters. The van der Waals surface area contributed by atoms with E-state index in [9.17, 15) is 5.11 Å². The predicted molar refractivity (Wildman–Crippen MR) is 109 cm³/mol. The van der Waals surface area contributed by atoms with Crippen molar-refractivity contribution in [2.45, 2.75) is 31.4 Å². The summed E-state index contributed by atoms with van der Waals surface area (Å²) in [5.74, 6) is 3.58. The number of thioether (sulfide) groups is 1. The number of morpholine rings is 1. The summed E-state index contributed by atoms with van der Waals surface area (Å²) in [4.78, 5) is 7.19. The highest BCUT2D eigenvalue weighted by Gasteiger charge is 2.40. The van der Waals surface area contributed by atoms with Crippen LogP contribution in [0.3, 0.4) is 0 Å². The third kappa shape index (κ3) is 5.19. The fourth-order valence-electron chi connectivity index (χ4n) is 3.62. The molecule has 3 heterocycles. The molecule has 3 rings (SSSR count). The Morgan fingerprint density at radius 3 is 2.85 bits per heavy atom. The van der Waals surface area contributed by atoms with Gasteiger partial charge < -0.3 is 24.9 Å². The summed E-state index contributed by atoms with van der Waals surface area (Å²) in [6.45, 7) is 9.22. The number of guanidine groups is 1. The average molecular weight is 397 g/mol. The van der Waals surface area contributed by atoms with Crippen LogP contribution in [0.25, 0.3) is 0 Å². The van der Waals surface area contributed by atoms with E-state index >= 15 is 0 Å². The Labute approximate surface area is 165 Å². The lowest BCUT2D eigenvalue weighted by Crippen LogP contribution is -2.60. The number of ether oxygens (including phenoxy) is 1.